The van der Waals surface area contributed by atoms with Crippen molar-refractivity contribution in [3.8, 4) is 0 Å². The van der Waals surface area contributed by atoms with Crippen molar-refractivity contribution in [2.45, 2.75) is 18.2 Å². The number of hydrogen-bond donors (Lipinski definition) is 2. The smallest absolute Gasteiger partial charge is 0.238 e. The molecule has 82 valence electrons. The minimum atomic E-state index is -0.0200. The second kappa shape index (κ2) is 6.48. The summed E-state index contributed by atoms with van der Waals surface area (Å²) < 4.78 is 0. The number of thioether (sulfide) groups is 1. The lowest BCUT2D eigenvalue weighted by molar-refractivity contribution is -0.121. The molecule has 0 saturated heterocycles. The van der Waals surface area contributed by atoms with E-state index in [9.17, 15) is 4.79 Å². The first-order valence-corrected chi connectivity index (χ1v) is 5.92. The second-order valence-corrected chi connectivity index (χ2v) is 4.39. The first kappa shape index (κ1) is 12.1. The zero-order chi connectivity index (χ0) is 11.1. The molecule has 0 radical (unpaired) electrons. The largest absolute Gasteiger partial charge is 0.292 e. The maximum atomic E-state index is 11.2. The van der Waals surface area contributed by atoms with Crippen LogP contribution in [-0.2, 0) is 11.2 Å². The first-order valence-electron chi connectivity index (χ1n) is 4.93. The van der Waals surface area contributed by atoms with Gasteiger partial charge >= 0.3 is 0 Å². The van der Waals surface area contributed by atoms with E-state index in [1.807, 2.05) is 12.1 Å². The van der Waals surface area contributed by atoms with Crippen molar-refractivity contribution in [2.75, 3.05) is 12.8 Å². The Morgan fingerprint density at radius 2 is 2.00 bits per heavy atom. The standard InChI is InChI=1S/C11H16N2OS/c1-3-15-10-6-4-9(5-7-10)8-11(14)13-12-2/h4-7,12H,3,8H2,1-2H3,(H,13,14). The predicted molar refractivity (Wildman–Crippen MR) is 63.7 cm³/mol. The molecule has 0 fully saturated rings. The molecule has 0 aromatic heterocycles. The van der Waals surface area contributed by atoms with Crippen LogP contribution in [0.15, 0.2) is 29.2 Å². The maximum absolute atomic E-state index is 11.2. The normalized spacial score (nSPS) is 10.0. The van der Waals surface area contributed by atoms with Crippen molar-refractivity contribution in [3.63, 3.8) is 0 Å². The molecule has 0 unspecified atom stereocenters. The van der Waals surface area contributed by atoms with Gasteiger partial charge < -0.3 is 0 Å². The van der Waals surface area contributed by atoms with Gasteiger partial charge in [-0.1, -0.05) is 19.1 Å². The second-order valence-electron chi connectivity index (χ2n) is 3.05. The number of hydrazine groups is 1. The molecule has 0 spiro atoms. The molecule has 0 aliphatic carbocycles. The van der Waals surface area contributed by atoms with E-state index in [0.29, 0.717) is 6.42 Å². The lowest BCUT2D eigenvalue weighted by atomic mass is 10.1. The van der Waals surface area contributed by atoms with Crippen LogP contribution in [0.3, 0.4) is 0 Å². The van der Waals surface area contributed by atoms with E-state index in [1.54, 1.807) is 18.8 Å². The van der Waals surface area contributed by atoms with Gasteiger partial charge in [-0.25, -0.2) is 5.43 Å². The van der Waals surface area contributed by atoms with E-state index >= 15 is 0 Å². The van der Waals surface area contributed by atoms with Crippen molar-refractivity contribution in [2.24, 2.45) is 0 Å². The molecule has 0 atom stereocenters. The highest BCUT2D eigenvalue weighted by Gasteiger charge is 2.01. The van der Waals surface area contributed by atoms with Crippen molar-refractivity contribution in [1.29, 1.82) is 0 Å². The highest BCUT2D eigenvalue weighted by atomic mass is 32.2. The molecule has 4 heteroatoms. The number of rotatable bonds is 5. The third-order valence-electron chi connectivity index (χ3n) is 1.86. The Morgan fingerprint density at radius 3 is 2.53 bits per heavy atom. The van der Waals surface area contributed by atoms with Gasteiger partial charge in [0.25, 0.3) is 0 Å². The summed E-state index contributed by atoms with van der Waals surface area (Å²) in [5.74, 6) is 1.05. The molecule has 3 nitrogen and oxygen atoms in total. The summed E-state index contributed by atoms with van der Waals surface area (Å²) in [6.07, 6.45) is 0.415. The van der Waals surface area contributed by atoms with Gasteiger partial charge in [0.15, 0.2) is 0 Å². The Morgan fingerprint density at radius 1 is 1.33 bits per heavy atom. The Kier molecular flexibility index (Phi) is 5.21. The zero-order valence-corrected chi connectivity index (χ0v) is 9.86. The molecule has 1 rings (SSSR count). The van der Waals surface area contributed by atoms with Gasteiger partial charge in [-0.2, -0.15) is 0 Å². The van der Waals surface area contributed by atoms with Crippen LogP contribution in [0.1, 0.15) is 12.5 Å². The van der Waals surface area contributed by atoms with E-state index in [4.69, 9.17) is 0 Å². The van der Waals surface area contributed by atoms with Crippen LogP contribution in [0.2, 0.25) is 0 Å². The number of carbonyl (C=O) groups excluding carboxylic acids is 1. The van der Waals surface area contributed by atoms with Gasteiger partial charge in [0.05, 0.1) is 6.42 Å². The lowest BCUT2D eigenvalue weighted by Gasteiger charge is -2.04. The van der Waals surface area contributed by atoms with Gasteiger partial charge in [0, 0.05) is 11.9 Å². The third kappa shape index (κ3) is 4.36. The molecular formula is C11H16N2OS. The van der Waals surface area contributed by atoms with Crippen LogP contribution in [0.4, 0.5) is 0 Å². The van der Waals surface area contributed by atoms with Crippen LogP contribution >= 0.6 is 11.8 Å². The van der Waals surface area contributed by atoms with Gasteiger partial charge in [0.1, 0.15) is 0 Å². The summed E-state index contributed by atoms with van der Waals surface area (Å²) in [5, 5.41) is 0. The maximum Gasteiger partial charge on any atom is 0.238 e. The van der Waals surface area contributed by atoms with Crippen LogP contribution in [0, 0.1) is 0 Å². The van der Waals surface area contributed by atoms with E-state index in [2.05, 4.69) is 29.9 Å². The van der Waals surface area contributed by atoms with E-state index < -0.39 is 0 Å². The van der Waals surface area contributed by atoms with Crippen molar-refractivity contribution >= 4 is 17.7 Å². The first-order chi connectivity index (χ1) is 7.26. The fraction of sp³-hybridized carbons (Fsp3) is 0.364. The van der Waals surface area contributed by atoms with Crippen LogP contribution in [0.25, 0.3) is 0 Å². The fourth-order valence-electron chi connectivity index (χ4n) is 1.24. The van der Waals surface area contributed by atoms with E-state index in [0.717, 1.165) is 11.3 Å². The fourth-order valence-corrected chi connectivity index (χ4v) is 1.90. The molecule has 0 aliphatic heterocycles. The monoisotopic (exact) mass is 224 g/mol. The van der Waals surface area contributed by atoms with Crippen molar-refractivity contribution < 1.29 is 4.79 Å². The van der Waals surface area contributed by atoms with E-state index in [-0.39, 0.29) is 5.91 Å². The Bertz CT molecular complexity index is 311. The molecule has 1 amide bonds. The molecule has 1 aromatic carbocycles. The number of carbonyl (C=O) groups is 1. The zero-order valence-electron chi connectivity index (χ0n) is 9.04. The van der Waals surface area contributed by atoms with Crippen LogP contribution in [0.5, 0.6) is 0 Å². The number of benzene rings is 1. The van der Waals surface area contributed by atoms with Gasteiger partial charge in [-0.15, -0.1) is 11.8 Å². The minimum Gasteiger partial charge on any atom is -0.292 e. The minimum absolute atomic E-state index is 0.0200. The van der Waals surface area contributed by atoms with Crippen molar-refractivity contribution in [1.82, 2.24) is 10.9 Å². The van der Waals surface area contributed by atoms with Crippen LogP contribution in [-0.4, -0.2) is 18.7 Å². The average molecular weight is 224 g/mol. The quantitative estimate of drug-likeness (QED) is 0.589. The van der Waals surface area contributed by atoms with Gasteiger partial charge in [-0.05, 0) is 23.4 Å². The number of nitrogens with one attached hydrogen (secondary N) is 2. The summed E-state index contributed by atoms with van der Waals surface area (Å²) in [6.45, 7) is 2.12. The topological polar surface area (TPSA) is 41.1 Å². The van der Waals surface area contributed by atoms with Crippen molar-refractivity contribution in [3.05, 3.63) is 29.8 Å². The molecule has 0 aliphatic rings. The third-order valence-corrected chi connectivity index (χ3v) is 2.76. The SMILES string of the molecule is CCSc1ccc(CC(=O)NNC)cc1. The Hall–Kier alpha value is -1.00. The van der Waals surface area contributed by atoms with Gasteiger partial charge in [0.2, 0.25) is 5.91 Å². The average Bonchev–Trinajstić information content (AvgIpc) is 2.22. The highest BCUT2D eigenvalue weighted by Crippen LogP contribution is 2.17. The molecule has 0 saturated carbocycles. The summed E-state index contributed by atoms with van der Waals surface area (Å²) >= 11 is 1.80. The summed E-state index contributed by atoms with van der Waals surface area (Å²) in [7, 11) is 1.68. The predicted octanol–water partition coefficient (Wildman–Crippen LogP) is 1.59. The molecule has 2 N–H and O–H groups in total. The molecule has 1 aromatic rings. The summed E-state index contributed by atoms with van der Waals surface area (Å²) in [5.41, 5.74) is 6.19. The Labute approximate surface area is 94.6 Å². The molecule has 0 bridgehead atoms. The molecule has 15 heavy (non-hydrogen) atoms. The number of amides is 1. The molecule has 0 heterocycles. The van der Waals surface area contributed by atoms with Crippen LogP contribution < -0.4 is 10.9 Å². The summed E-state index contributed by atoms with van der Waals surface area (Å²) in [4.78, 5) is 12.5. The molecular weight excluding hydrogens is 208 g/mol. The highest BCUT2D eigenvalue weighted by molar-refractivity contribution is 7.99. The van der Waals surface area contributed by atoms with Gasteiger partial charge in [-0.3, -0.25) is 10.2 Å². The Balaban J connectivity index is 2.52. The number of hydrogen-bond acceptors (Lipinski definition) is 3. The summed E-state index contributed by atoms with van der Waals surface area (Å²) in [6, 6.07) is 8.09. The lowest BCUT2D eigenvalue weighted by Crippen LogP contribution is -2.35. The van der Waals surface area contributed by atoms with E-state index in [1.165, 1.54) is 4.90 Å².